The molecule has 2 aromatic rings. The molecule has 4 amide bonds. The Kier molecular flexibility index (Phi) is 11.1. The fourth-order valence-corrected chi connectivity index (χ4v) is 4.81. The lowest BCUT2D eigenvalue weighted by Crippen LogP contribution is -2.50. The molecular formula is C31H42N4O5. The Morgan fingerprint density at radius 2 is 1.65 bits per heavy atom. The van der Waals surface area contributed by atoms with E-state index in [4.69, 9.17) is 4.74 Å². The topological polar surface area (TPSA) is 117 Å². The Hall–Kier alpha value is -3.88. The number of alkyl carbamates (subject to hydrolysis) is 1. The number of amides is 4. The highest BCUT2D eigenvalue weighted by Gasteiger charge is 2.42. The second-order valence-electron chi connectivity index (χ2n) is 11.1. The summed E-state index contributed by atoms with van der Waals surface area (Å²) in [5, 5.41) is 8.23. The quantitative estimate of drug-likeness (QED) is 0.331. The Labute approximate surface area is 237 Å². The van der Waals surface area contributed by atoms with Crippen LogP contribution in [0.4, 0.5) is 9.59 Å². The van der Waals surface area contributed by atoms with Crippen LogP contribution < -0.4 is 16.0 Å². The lowest BCUT2D eigenvalue weighted by atomic mass is 9.93. The number of nitrogens with one attached hydrogen (secondary N) is 3. The molecule has 1 saturated heterocycles. The standard InChI is InChI=1S/C31H42N4O5/c1-5-6-17-25(27(36)28(37)33-22(2)24-15-11-8-12-16-24)34-30(39)40-26-20-31(3,4)21-35(26)29(38)32-19-18-23-13-9-7-10-14-23/h7-16,22,25-26H,5-6,17-21H2,1-4H3,(H,32,38)(H,33,37)(H,34,39)/t22-,25+,26?/m1/s1. The van der Waals surface area contributed by atoms with Crippen LogP contribution in [0, 0.1) is 5.41 Å². The summed E-state index contributed by atoms with van der Waals surface area (Å²) in [6, 6.07) is 17.5. The Bertz CT molecular complexity index is 1140. The van der Waals surface area contributed by atoms with Crippen molar-refractivity contribution in [2.45, 2.75) is 78.1 Å². The van der Waals surface area contributed by atoms with Gasteiger partial charge < -0.3 is 20.7 Å². The fourth-order valence-electron chi connectivity index (χ4n) is 4.81. The highest BCUT2D eigenvalue weighted by Crippen LogP contribution is 2.34. The summed E-state index contributed by atoms with van der Waals surface area (Å²) in [5.74, 6) is -1.49. The third kappa shape index (κ3) is 9.10. The van der Waals surface area contributed by atoms with Gasteiger partial charge in [-0.2, -0.15) is 0 Å². The van der Waals surface area contributed by atoms with Crippen LogP contribution in [0.3, 0.4) is 0 Å². The molecule has 3 atom stereocenters. The molecule has 3 rings (SSSR count). The van der Waals surface area contributed by atoms with Gasteiger partial charge in [0.2, 0.25) is 5.78 Å². The zero-order valence-corrected chi connectivity index (χ0v) is 23.9. The van der Waals surface area contributed by atoms with E-state index in [0.29, 0.717) is 38.8 Å². The Morgan fingerprint density at radius 3 is 2.30 bits per heavy atom. The van der Waals surface area contributed by atoms with Crippen LogP contribution in [0.25, 0.3) is 0 Å². The molecule has 40 heavy (non-hydrogen) atoms. The van der Waals surface area contributed by atoms with Crippen LogP contribution in [-0.4, -0.2) is 54.1 Å². The number of hydrogen-bond donors (Lipinski definition) is 3. The molecule has 1 aliphatic heterocycles. The van der Waals surface area contributed by atoms with Crippen molar-refractivity contribution in [2.24, 2.45) is 5.41 Å². The average molecular weight is 551 g/mol. The van der Waals surface area contributed by atoms with Crippen molar-refractivity contribution in [2.75, 3.05) is 13.1 Å². The predicted molar refractivity (Wildman–Crippen MR) is 153 cm³/mol. The summed E-state index contributed by atoms with van der Waals surface area (Å²) in [5.41, 5.74) is 1.72. The molecule has 1 aliphatic rings. The Morgan fingerprint density at radius 1 is 1.00 bits per heavy atom. The lowest BCUT2D eigenvalue weighted by Gasteiger charge is -2.26. The molecule has 0 bridgehead atoms. The van der Waals surface area contributed by atoms with E-state index in [1.807, 2.05) is 81.4 Å². The van der Waals surface area contributed by atoms with E-state index in [9.17, 15) is 19.2 Å². The molecule has 9 nitrogen and oxygen atoms in total. The van der Waals surface area contributed by atoms with Gasteiger partial charge in [0.15, 0.2) is 6.23 Å². The van der Waals surface area contributed by atoms with E-state index in [0.717, 1.165) is 17.5 Å². The van der Waals surface area contributed by atoms with Crippen LogP contribution in [0.5, 0.6) is 0 Å². The second-order valence-corrected chi connectivity index (χ2v) is 11.1. The zero-order valence-electron chi connectivity index (χ0n) is 23.9. The predicted octanol–water partition coefficient (Wildman–Crippen LogP) is 4.73. The average Bonchev–Trinajstić information content (AvgIpc) is 3.25. The summed E-state index contributed by atoms with van der Waals surface area (Å²) >= 11 is 0. The van der Waals surface area contributed by atoms with Crippen molar-refractivity contribution >= 4 is 23.8 Å². The Balaban J connectivity index is 1.58. The van der Waals surface area contributed by atoms with E-state index in [1.165, 1.54) is 4.90 Å². The van der Waals surface area contributed by atoms with Gasteiger partial charge in [-0.1, -0.05) is 94.3 Å². The molecule has 0 spiro atoms. The maximum atomic E-state index is 13.0. The SMILES string of the molecule is CCCC[C@H](NC(=O)OC1CC(C)(C)CN1C(=O)NCCc1ccccc1)C(=O)C(=O)N[C@H](C)c1ccccc1. The largest absolute Gasteiger partial charge is 0.425 e. The van der Waals surface area contributed by atoms with Gasteiger partial charge in [-0.15, -0.1) is 0 Å². The van der Waals surface area contributed by atoms with E-state index in [1.54, 1.807) is 6.92 Å². The lowest BCUT2D eigenvalue weighted by molar-refractivity contribution is -0.139. The number of Topliss-reactive ketones (excluding diaryl/α,β-unsaturated/α-hetero) is 1. The van der Waals surface area contributed by atoms with E-state index in [2.05, 4.69) is 16.0 Å². The number of ketones is 1. The molecule has 1 unspecified atom stereocenters. The fraction of sp³-hybridized carbons (Fsp3) is 0.484. The molecule has 0 radical (unpaired) electrons. The van der Waals surface area contributed by atoms with E-state index in [-0.39, 0.29) is 17.5 Å². The second kappa shape index (κ2) is 14.5. The van der Waals surface area contributed by atoms with Crippen molar-refractivity contribution in [3.8, 4) is 0 Å². The number of carbonyl (C=O) groups is 4. The van der Waals surface area contributed by atoms with Gasteiger partial charge in [-0.25, -0.2) is 9.59 Å². The van der Waals surface area contributed by atoms with Gasteiger partial charge in [0.05, 0.1) is 6.04 Å². The number of ether oxygens (including phenoxy) is 1. The number of likely N-dealkylation sites (tertiary alicyclic amines) is 1. The third-order valence-electron chi connectivity index (χ3n) is 7.04. The molecular weight excluding hydrogens is 508 g/mol. The number of benzene rings is 2. The number of urea groups is 1. The summed E-state index contributed by atoms with van der Waals surface area (Å²) in [7, 11) is 0. The minimum atomic E-state index is -1.03. The van der Waals surface area contributed by atoms with Crippen LogP contribution in [0.15, 0.2) is 60.7 Å². The van der Waals surface area contributed by atoms with Gasteiger partial charge in [0.1, 0.15) is 6.04 Å². The van der Waals surface area contributed by atoms with Crippen molar-refractivity contribution < 1.29 is 23.9 Å². The molecule has 1 heterocycles. The highest BCUT2D eigenvalue weighted by molar-refractivity contribution is 6.38. The maximum Gasteiger partial charge on any atom is 0.409 e. The van der Waals surface area contributed by atoms with Crippen LogP contribution in [-0.2, 0) is 20.7 Å². The smallest absolute Gasteiger partial charge is 0.409 e. The minimum Gasteiger partial charge on any atom is -0.425 e. The number of hydrogen-bond acceptors (Lipinski definition) is 5. The van der Waals surface area contributed by atoms with Gasteiger partial charge in [-0.3, -0.25) is 14.5 Å². The first-order valence-electron chi connectivity index (χ1n) is 14.0. The molecule has 216 valence electrons. The third-order valence-corrected chi connectivity index (χ3v) is 7.04. The first-order chi connectivity index (χ1) is 19.1. The molecule has 0 aliphatic carbocycles. The summed E-state index contributed by atoms with van der Waals surface area (Å²) in [4.78, 5) is 53.3. The first kappa shape index (κ1) is 30.7. The van der Waals surface area contributed by atoms with Crippen LogP contribution >= 0.6 is 0 Å². The highest BCUT2D eigenvalue weighted by atomic mass is 16.6. The number of carbonyl (C=O) groups excluding carboxylic acids is 4. The van der Waals surface area contributed by atoms with Crippen molar-refractivity contribution in [1.29, 1.82) is 0 Å². The summed E-state index contributed by atoms with van der Waals surface area (Å²) in [6.45, 7) is 8.63. The zero-order chi connectivity index (χ0) is 29.1. The first-order valence-corrected chi connectivity index (χ1v) is 14.0. The molecule has 0 aromatic heterocycles. The molecule has 2 aromatic carbocycles. The van der Waals surface area contributed by atoms with Gasteiger partial charge in [0.25, 0.3) is 5.91 Å². The summed E-state index contributed by atoms with van der Waals surface area (Å²) < 4.78 is 5.67. The number of nitrogens with zero attached hydrogens (tertiary/aromatic N) is 1. The van der Waals surface area contributed by atoms with E-state index < -0.39 is 30.1 Å². The summed E-state index contributed by atoms with van der Waals surface area (Å²) in [6.07, 6.45) is 1.25. The molecule has 9 heteroatoms. The van der Waals surface area contributed by atoms with Gasteiger partial charge in [0, 0.05) is 19.5 Å². The normalized spacial score (nSPS) is 17.4. The maximum absolute atomic E-state index is 13.0. The number of rotatable bonds is 12. The van der Waals surface area contributed by atoms with E-state index >= 15 is 0 Å². The van der Waals surface area contributed by atoms with Crippen molar-refractivity contribution in [3.05, 3.63) is 71.8 Å². The monoisotopic (exact) mass is 550 g/mol. The van der Waals surface area contributed by atoms with Crippen LogP contribution in [0.2, 0.25) is 0 Å². The molecule has 0 saturated carbocycles. The van der Waals surface area contributed by atoms with Crippen LogP contribution in [0.1, 0.15) is 70.5 Å². The number of unbranched alkanes of at least 4 members (excludes halogenated alkanes) is 1. The van der Waals surface area contributed by atoms with Gasteiger partial charge >= 0.3 is 12.1 Å². The van der Waals surface area contributed by atoms with Crippen molar-refractivity contribution in [1.82, 2.24) is 20.9 Å². The van der Waals surface area contributed by atoms with Crippen molar-refractivity contribution in [3.63, 3.8) is 0 Å². The molecule has 3 N–H and O–H groups in total. The van der Waals surface area contributed by atoms with Gasteiger partial charge in [-0.05, 0) is 36.3 Å². The minimum absolute atomic E-state index is 0.257. The molecule has 1 fully saturated rings.